The van der Waals surface area contributed by atoms with E-state index in [1.54, 1.807) is 12.1 Å². The lowest BCUT2D eigenvalue weighted by molar-refractivity contribution is 0.163. The molecule has 22 heavy (non-hydrogen) atoms. The van der Waals surface area contributed by atoms with Crippen LogP contribution in [0.4, 0.5) is 0 Å². The lowest BCUT2D eigenvalue weighted by atomic mass is 10.1. The Morgan fingerprint density at radius 1 is 1.41 bits per heavy atom. The second kappa shape index (κ2) is 6.83. The highest BCUT2D eigenvalue weighted by atomic mass is 35.5. The summed E-state index contributed by atoms with van der Waals surface area (Å²) in [5.74, 6) is 1.14. The largest absolute Gasteiger partial charge is 0.486 e. The quantitative estimate of drug-likeness (QED) is 0.876. The molecule has 1 unspecified atom stereocenters. The van der Waals surface area contributed by atoms with Crippen molar-refractivity contribution >= 4 is 23.1 Å². The summed E-state index contributed by atoms with van der Waals surface area (Å²) in [6.07, 6.45) is -0.666. The molecule has 0 saturated carbocycles. The van der Waals surface area contributed by atoms with Crippen LogP contribution in [0.25, 0.3) is 0 Å². The first-order valence-electron chi connectivity index (χ1n) is 7.03. The molecule has 0 fully saturated rings. The first-order chi connectivity index (χ1) is 10.6. The molecule has 1 atom stereocenters. The van der Waals surface area contributed by atoms with Crippen LogP contribution in [0, 0.1) is 6.92 Å². The Kier molecular flexibility index (Phi) is 4.83. The van der Waals surface area contributed by atoms with Crippen molar-refractivity contribution in [2.75, 3.05) is 19.8 Å². The Labute approximate surface area is 138 Å². The maximum Gasteiger partial charge on any atom is 0.179 e. The maximum absolute atomic E-state index is 10.3. The van der Waals surface area contributed by atoms with Crippen LogP contribution in [0.3, 0.4) is 0 Å². The van der Waals surface area contributed by atoms with Gasteiger partial charge in [-0.3, -0.25) is 0 Å². The average Bonchev–Trinajstić information content (AvgIpc) is 2.92. The molecule has 0 radical (unpaired) electrons. The second-order valence-electron chi connectivity index (χ2n) is 5.10. The van der Waals surface area contributed by atoms with Crippen molar-refractivity contribution in [3.63, 3.8) is 0 Å². The van der Waals surface area contributed by atoms with E-state index in [2.05, 4.69) is 9.69 Å². The summed E-state index contributed by atoms with van der Waals surface area (Å²) in [6.45, 7) is 4.06. The van der Waals surface area contributed by atoms with Crippen LogP contribution in [0.15, 0.2) is 17.5 Å². The second-order valence-corrected chi connectivity index (χ2v) is 6.14. The van der Waals surface area contributed by atoms with Crippen LogP contribution in [-0.4, -0.2) is 29.2 Å². The number of nitrogens with zero attached hydrogens (tertiary/aromatic N) is 1. The van der Waals surface area contributed by atoms with Gasteiger partial charge in [-0.25, -0.2) is 0 Å². The molecule has 1 aromatic carbocycles. The van der Waals surface area contributed by atoms with Crippen LogP contribution >= 0.6 is 23.1 Å². The number of aromatic nitrogens is 1. The van der Waals surface area contributed by atoms with Crippen molar-refractivity contribution in [2.24, 2.45) is 0 Å². The molecule has 1 aromatic heterocycles. The molecule has 1 aliphatic heterocycles. The van der Waals surface area contributed by atoms with Gasteiger partial charge in [-0.2, -0.15) is 4.37 Å². The van der Waals surface area contributed by atoms with Gasteiger partial charge in [0.2, 0.25) is 0 Å². The maximum atomic E-state index is 10.3. The van der Waals surface area contributed by atoms with Crippen LogP contribution in [0.5, 0.6) is 11.5 Å². The molecule has 2 N–H and O–H groups in total. The first kappa shape index (κ1) is 15.6. The number of fused-ring (bicyclic) bond motifs is 1. The van der Waals surface area contributed by atoms with Crippen LogP contribution in [0.1, 0.15) is 22.9 Å². The molecule has 0 bridgehead atoms. The standard InChI is InChI=1S/C15H17ClN2O3S/c1-9-11(8-22-18-9)6-17-7-13(19)10-4-12(16)15-14(5-10)20-2-3-21-15/h4-5,8,13,17,19H,2-3,6-7H2,1H3. The third-order valence-corrected chi connectivity index (χ3v) is 4.56. The molecule has 118 valence electrons. The van der Waals surface area contributed by atoms with E-state index in [-0.39, 0.29) is 0 Å². The van der Waals surface area contributed by atoms with Crippen molar-refractivity contribution < 1.29 is 14.6 Å². The molecule has 2 aromatic rings. The summed E-state index contributed by atoms with van der Waals surface area (Å²) >= 11 is 7.62. The highest BCUT2D eigenvalue weighted by Crippen LogP contribution is 2.39. The monoisotopic (exact) mass is 340 g/mol. The van der Waals surface area contributed by atoms with Gasteiger partial charge in [-0.05, 0) is 41.7 Å². The number of hydrogen-bond donors (Lipinski definition) is 2. The van der Waals surface area contributed by atoms with Gasteiger partial charge >= 0.3 is 0 Å². The molecular weight excluding hydrogens is 324 g/mol. The number of hydrogen-bond acceptors (Lipinski definition) is 6. The van der Waals surface area contributed by atoms with Crippen molar-refractivity contribution in [2.45, 2.75) is 19.6 Å². The van der Waals surface area contributed by atoms with E-state index >= 15 is 0 Å². The van der Waals surface area contributed by atoms with Gasteiger partial charge in [0.15, 0.2) is 11.5 Å². The van der Waals surface area contributed by atoms with Gasteiger partial charge in [0.05, 0.1) is 16.8 Å². The predicted octanol–water partition coefficient (Wildman–Crippen LogP) is 2.70. The smallest absolute Gasteiger partial charge is 0.179 e. The minimum Gasteiger partial charge on any atom is -0.486 e. The molecular formula is C15H17ClN2O3S. The number of benzene rings is 1. The Bertz CT molecular complexity index is 662. The zero-order chi connectivity index (χ0) is 15.5. The van der Waals surface area contributed by atoms with E-state index in [1.807, 2.05) is 12.3 Å². The van der Waals surface area contributed by atoms with Gasteiger partial charge in [-0.1, -0.05) is 11.6 Å². The van der Waals surface area contributed by atoms with E-state index in [1.165, 1.54) is 11.5 Å². The highest BCUT2D eigenvalue weighted by Gasteiger charge is 2.19. The Morgan fingerprint density at radius 2 is 2.23 bits per heavy atom. The lowest BCUT2D eigenvalue weighted by Gasteiger charge is -2.21. The first-order valence-corrected chi connectivity index (χ1v) is 8.24. The molecule has 0 saturated heterocycles. The van der Waals surface area contributed by atoms with Gasteiger partial charge in [0.25, 0.3) is 0 Å². The number of aliphatic hydroxyl groups excluding tert-OH is 1. The number of ether oxygens (including phenoxy) is 2. The number of aliphatic hydroxyl groups is 1. The average molecular weight is 341 g/mol. The van der Waals surface area contributed by atoms with E-state index in [9.17, 15) is 5.11 Å². The van der Waals surface area contributed by atoms with Crippen LogP contribution in [-0.2, 0) is 6.54 Å². The molecule has 7 heteroatoms. The van der Waals surface area contributed by atoms with E-state index < -0.39 is 6.10 Å². The number of rotatable bonds is 5. The Morgan fingerprint density at radius 3 is 3.00 bits per heavy atom. The third-order valence-electron chi connectivity index (χ3n) is 3.51. The summed E-state index contributed by atoms with van der Waals surface area (Å²) in [5, 5.41) is 16.0. The fourth-order valence-corrected chi connectivity index (χ4v) is 3.25. The van der Waals surface area contributed by atoms with Gasteiger partial charge < -0.3 is 19.9 Å². The van der Waals surface area contributed by atoms with E-state index in [4.69, 9.17) is 21.1 Å². The number of aryl methyl sites for hydroxylation is 1. The summed E-state index contributed by atoms with van der Waals surface area (Å²) in [6, 6.07) is 3.50. The fraction of sp³-hybridized carbons (Fsp3) is 0.400. The van der Waals surface area contributed by atoms with Crippen LogP contribution < -0.4 is 14.8 Å². The molecule has 3 rings (SSSR count). The SMILES string of the molecule is Cc1nscc1CNCC(O)c1cc(Cl)c2c(c1)OCCO2. The molecule has 0 aliphatic carbocycles. The van der Waals surface area contributed by atoms with Crippen molar-refractivity contribution in [3.8, 4) is 11.5 Å². The third kappa shape index (κ3) is 3.35. The molecule has 5 nitrogen and oxygen atoms in total. The Hall–Kier alpha value is -1.34. The Balaban J connectivity index is 1.63. The summed E-state index contributed by atoms with van der Waals surface area (Å²) in [5.41, 5.74) is 2.88. The van der Waals surface area contributed by atoms with Gasteiger partial charge in [0.1, 0.15) is 13.2 Å². The predicted molar refractivity (Wildman–Crippen MR) is 86.0 cm³/mol. The summed E-state index contributed by atoms with van der Waals surface area (Å²) in [7, 11) is 0. The zero-order valence-corrected chi connectivity index (χ0v) is 13.7. The normalized spacial score (nSPS) is 14.9. The van der Waals surface area contributed by atoms with Crippen LogP contribution in [0.2, 0.25) is 5.02 Å². The van der Waals surface area contributed by atoms with E-state index in [0.717, 1.165) is 11.3 Å². The zero-order valence-electron chi connectivity index (χ0n) is 12.1. The topological polar surface area (TPSA) is 63.6 Å². The molecule has 2 heterocycles. The lowest BCUT2D eigenvalue weighted by Crippen LogP contribution is -2.22. The number of halogens is 1. The molecule has 0 spiro atoms. The van der Waals surface area contributed by atoms with Crippen molar-refractivity contribution in [1.29, 1.82) is 0 Å². The fourth-order valence-electron chi connectivity index (χ4n) is 2.27. The number of nitrogens with one attached hydrogen (secondary N) is 1. The van der Waals surface area contributed by atoms with Gasteiger partial charge in [-0.15, -0.1) is 0 Å². The van der Waals surface area contributed by atoms with Crippen molar-refractivity contribution in [1.82, 2.24) is 9.69 Å². The minimum atomic E-state index is -0.666. The van der Waals surface area contributed by atoms with E-state index in [0.29, 0.717) is 48.4 Å². The van der Waals surface area contributed by atoms with Gasteiger partial charge in [0, 0.05) is 18.5 Å². The minimum absolute atomic E-state index is 0.422. The summed E-state index contributed by atoms with van der Waals surface area (Å²) in [4.78, 5) is 0. The summed E-state index contributed by atoms with van der Waals surface area (Å²) < 4.78 is 15.2. The molecule has 1 aliphatic rings. The molecule has 0 amide bonds. The van der Waals surface area contributed by atoms with Crippen molar-refractivity contribution in [3.05, 3.63) is 39.4 Å². The highest BCUT2D eigenvalue weighted by molar-refractivity contribution is 7.03.